The van der Waals surface area contributed by atoms with Crippen LogP contribution in [0.1, 0.15) is 36.5 Å². The fourth-order valence-electron chi connectivity index (χ4n) is 4.33. The van der Waals surface area contributed by atoms with E-state index in [9.17, 15) is 18.0 Å². The monoisotopic (exact) mass is 477 g/mol. The highest BCUT2D eigenvalue weighted by atomic mass is 35.5. The summed E-state index contributed by atoms with van der Waals surface area (Å²) in [5.74, 6) is 0.0912. The fourth-order valence-corrected chi connectivity index (χ4v) is 4.85. The number of rotatable bonds is 5. The van der Waals surface area contributed by atoms with Crippen LogP contribution in [0.4, 0.5) is 13.2 Å². The second kappa shape index (κ2) is 8.53. The van der Waals surface area contributed by atoms with Crippen molar-refractivity contribution in [3.63, 3.8) is 0 Å². The van der Waals surface area contributed by atoms with E-state index in [0.29, 0.717) is 24.1 Å². The van der Waals surface area contributed by atoms with Gasteiger partial charge in [-0.25, -0.2) is 0 Å². The van der Waals surface area contributed by atoms with Crippen molar-refractivity contribution in [2.45, 2.75) is 37.8 Å². The SMILES string of the molecule is CC(=O)CCc1ccc(C2=NCC(c3cc(Cl)cc(Cl)c3)(C(F)(F)F)C2)c2ccccc12. The summed E-state index contributed by atoms with van der Waals surface area (Å²) in [7, 11) is 0. The molecule has 0 fully saturated rings. The number of ketones is 1. The summed E-state index contributed by atoms with van der Waals surface area (Å²) in [6.45, 7) is 1.12. The van der Waals surface area contributed by atoms with Gasteiger partial charge in [0, 0.05) is 34.2 Å². The number of nitrogens with zero attached hydrogens (tertiary/aromatic N) is 1. The van der Waals surface area contributed by atoms with E-state index in [4.69, 9.17) is 23.2 Å². The van der Waals surface area contributed by atoms with Gasteiger partial charge >= 0.3 is 6.18 Å². The van der Waals surface area contributed by atoms with Gasteiger partial charge in [-0.1, -0.05) is 59.6 Å². The number of hydrogen-bond acceptors (Lipinski definition) is 2. The lowest BCUT2D eigenvalue weighted by molar-refractivity contribution is -0.183. The number of alkyl halides is 3. The van der Waals surface area contributed by atoms with Gasteiger partial charge in [-0.15, -0.1) is 0 Å². The molecule has 0 aliphatic carbocycles. The van der Waals surface area contributed by atoms with E-state index >= 15 is 0 Å². The lowest BCUT2D eigenvalue weighted by Crippen LogP contribution is -2.43. The zero-order valence-electron chi connectivity index (χ0n) is 17.3. The van der Waals surface area contributed by atoms with E-state index in [1.165, 1.54) is 18.2 Å². The predicted octanol–water partition coefficient (Wildman–Crippen LogP) is 7.36. The molecule has 1 aliphatic rings. The van der Waals surface area contributed by atoms with Gasteiger partial charge in [0.25, 0.3) is 0 Å². The molecule has 0 bridgehead atoms. The second-order valence-corrected chi connectivity index (χ2v) is 9.07. The molecule has 166 valence electrons. The number of hydrogen-bond donors (Lipinski definition) is 0. The molecule has 3 aromatic rings. The minimum absolute atomic E-state index is 0.0173. The standard InChI is InChI=1S/C25H20Cl2F3NO/c1-15(32)6-7-16-8-9-22(21-5-3-2-4-20(16)21)23-13-24(14-31-23,25(28,29)30)17-10-18(26)12-19(27)11-17/h2-5,8-12H,6-7,13-14H2,1H3. The van der Waals surface area contributed by atoms with Crippen LogP contribution in [0.5, 0.6) is 0 Å². The van der Waals surface area contributed by atoms with Crippen LogP contribution >= 0.6 is 23.2 Å². The first kappa shape index (κ1) is 22.8. The summed E-state index contributed by atoms with van der Waals surface area (Å²) in [6.07, 6.45) is -3.85. The first-order valence-corrected chi connectivity index (χ1v) is 10.9. The molecule has 1 unspecified atom stereocenters. The molecule has 2 nitrogen and oxygen atoms in total. The van der Waals surface area contributed by atoms with Crippen LogP contribution in [0, 0.1) is 0 Å². The van der Waals surface area contributed by atoms with Gasteiger partial charge in [0.15, 0.2) is 0 Å². The first-order valence-electron chi connectivity index (χ1n) is 10.2. The highest BCUT2D eigenvalue weighted by Crippen LogP contribution is 2.49. The number of benzene rings is 3. The number of carbonyl (C=O) groups excluding carboxylic acids is 1. The molecule has 0 saturated carbocycles. The maximum Gasteiger partial charge on any atom is 0.400 e. The molecule has 0 N–H and O–H groups in total. The third kappa shape index (κ3) is 4.16. The quantitative estimate of drug-likeness (QED) is 0.377. The Bertz CT molecular complexity index is 1220. The summed E-state index contributed by atoms with van der Waals surface area (Å²) in [5, 5.41) is 2.06. The van der Waals surface area contributed by atoms with E-state index in [2.05, 4.69) is 4.99 Å². The number of fused-ring (bicyclic) bond motifs is 1. The highest BCUT2D eigenvalue weighted by molar-refractivity contribution is 6.34. The molecule has 0 radical (unpaired) electrons. The third-order valence-electron chi connectivity index (χ3n) is 6.04. The molecule has 0 saturated heterocycles. The van der Waals surface area contributed by atoms with Gasteiger partial charge in [0.05, 0.1) is 6.54 Å². The minimum Gasteiger partial charge on any atom is -0.300 e. The largest absolute Gasteiger partial charge is 0.400 e. The Labute approximate surface area is 194 Å². The zero-order chi connectivity index (χ0) is 23.1. The van der Waals surface area contributed by atoms with Gasteiger partial charge in [-0.2, -0.15) is 13.2 Å². The summed E-state index contributed by atoms with van der Waals surface area (Å²) in [5.41, 5.74) is -0.115. The molecule has 1 aliphatic heterocycles. The Morgan fingerprint density at radius 2 is 1.69 bits per heavy atom. The maximum absolute atomic E-state index is 14.4. The summed E-state index contributed by atoms with van der Waals surface area (Å²) in [4.78, 5) is 15.8. The van der Waals surface area contributed by atoms with E-state index in [0.717, 1.165) is 16.3 Å². The second-order valence-electron chi connectivity index (χ2n) is 8.20. The minimum atomic E-state index is -4.54. The van der Waals surface area contributed by atoms with E-state index < -0.39 is 18.1 Å². The molecule has 0 amide bonds. The zero-order valence-corrected chi connectivity index (χ0v) is 18.8. The average molecular weight is 478 g/mol. The Hall–Kier alpha value is -2.37. The van der Waals surface area contributed by atoms with E-state index in [1.807, 2.05) is 36.4 Å². The van der Waals surface area contributed by atoms with Crippen molar-refractivity contribution in [3.8, 4) is 0 Å². The maximum atomic E-state index is 14.4. The number of Topliss-reactive ketones (excluding diaryl/α,β-unsaturated/α-hetero) is 1. The molecule has 1 atom stereocenters. The number of aliphatic imine (C=N–C) groups is 1. The Balaban J connectivity index is 1.77. The number of carbonyl (C=O) groups is 1. The van der Waals surface area contributed by atoms with Crippen LogP contribution in [0.2, 0.25) is 10.0 Å². The smallest absolute Gasteiger partial charge is 0.300 e. The van der Waals surface area contributed by atoms with E-state index in [-0.39, 0.29) is 27.8 Å². The van der Waals surface area contributed by atoms with E-state index in [1.54, 1.807) is 6.92 Å². The van der Waals surface area contributed by atoms with Crippen LogP contribution in [0.25, 0.3) is 10.8 Å². The average Bonchev–Trinajstić information content (AvgIpc) is 3.18. The van der Waals surface area contributed by atoms with Crippen LogP contribution in [0.15, 0.2) is 59.6 Å². The summed E-state index contributed by atoms with van der Waals surface area (Å²) >= 11 is 12.1. The molecular formula is C25H20Cl2F3NO. The van der Waals surface area contributed by atoms with Crippen LogP contribution in [-0.2, 0) is 16.6 Å². The summed E-state index contributed by atoms with van der Waals surface area (Å²) < 4.78 is 43.3. The van der Waals surface area contributed by atoms with Crippen molar-refractivity contribution >= 4 is 45.5 Å². The Morgan fingerprint density at radius 3 is 2.31 bits per heavy atom. The topological polar surface area (TPSA) is 29.4 Å². The highest BCUT2D eigenvalue weighted by Gasteiger charge is 2.58. The number of halogens is 5. The third-order valence-corrected chi connectivity index (χ3v) is 6.47. The van der Waals surface area contributed by atoms with Crippen molar-refractivity contribution in [3.05, 3.63) is 81.3 Å². The summed E-state index contributed by atoms with van der Waals surface area (Å²) in [6, 6.07) is 15.3. The van der Waals surface area contributed by atoms with Gasteiger partial charge in [0.2, 0.25) is 0 Å². The Morgan fingerprint density at radius 1 is 1.03 bits per heavy atom. The molecule has 1 heterocycles. The van der Waals surface area contributed by atoms with Crippen LogP contribution in [0.3, 0.4) is 0 Å². The number of aryl methyl sites for hydroxylation is 1. The van der Waals surface area contributed by atoms with Crippen molar-refractivity contribution in [1.29, 1.82) is 0 Å². The lowest BCUT2D eigenvalue weighted by Gasteiger charge is -2.32. The fraction of sp³-hybridized carbons (Fsp3) is 0.280. The van der Waals surface area contributed by atoms with Crippen molar-refractivity contribution in [1.82, 2.24) is 0 Å². The first-order chi connectivity index (χ1) is 15.1. The molecular weight excluding hydrogens is 458 g/mol. The van der Waals surface area contributed by atoms with Gasteiger partial charge < -0.3 is 4.79 Å². The molecule has 4 rings (SSSR count). The van der Waals surface area contributed by atoms with Crippen molar-refractivity contribution in [2.24, 2.45) is 4.99 Å². The predicted molar refractivity (Wildman–Crippen MR) is 123 cm³/mol. The van der Waals surface area contributed by atoms with Crippen molar-refractivity contribution in [2.75, 3.05) is 6.54 Å². The van der Waals surface area contributed by atoms with Crippen molar-refractivity contribution < 1.29 is 18.0 Å². The normalized spacial score (nSPS) is 18.8. The van der Waals surface area contributed by atoms with Crippen LogP contribution < -0.4 is 0 Å². The molecule has 0 aromatic heterocycles. The van der Waals surface area contributed by atoms with Crippen LogP contribution in [-0.4, -0.2) is 24.2 Å². The lowest BCUT2D eigenvalue weighted by atomic mass is 9.76. The Kier molecular flexibility index (Phi) is 6.08. The van der Waals surface area contributed by atoms with Gasteiger partial charge in [-0.05, 0) is 53.4 Å². The van der Waals surface area contributed by atoms with Gasteiger partial charge in [0.1, 0.15) is 11.2 Å². The molecule has 7 heteroatoms. The molecule has 32 heavy (non-hydrogen) atoms. The van der Waals surface area contributed by atoms with Gasteiger partial charge in [-0.3, -0.25) is 4.99 Å². The molecule has 0 spiro atoms. The molecule has 3 aromatic carbocycles.